The lowest BCUT2D eigenvalue weighted by atomic mass is 10.2. The van der Waals surface area contributed by atoms with E-state index in [1.807, 2.05) is 13.8 Å². The Labute approximate surface area is 133 Å². The lowest BCUT2D eigenvalue weighted by molar-refractivity contribution is 0.102. The quantitative estimate of drug-likeness (QED) is 0.886. The topological polar surface area (TPSA) is 66.9 Å². The minimum atomic E-state index is -0.845. The van der Waals surface area contributed by atoms with Crippen LogP contribution < -0.4 is 10.6 Å². The standard InChI is InChI=1S/C16H18F2N4O/c1-9(2)8-19-16-20-10(3)7-13(21-16)15(23)22-14-11(17)5-4-6-12(14)18/h4-7,9H,8H2,1-3H3,(H,22,23)(H,19,20,21). The zero-order valence-corrected chi connectivity index (χ0v) is 13.2. The van der Waals surface area contributed by atoms with Crippen molar-refractivity contribution in [2.45, 2.75) is 20.8 Å². The summed E-state index contributed by atoms with van der Waals surface area (Å²) in [5.41, 5.74) is 0.113. The summed E-state index contributed by atoms with van der Waals surface area (Å²) in [7, 11) is 0. The molecule has 1 heterocycles. The molecule has 0 aliphatic carbocycles. The van der Waals surface area contributed by atoms with E-state index in [4.69, 9.17) is 0 Å². The third-order valence-corrected chi connectivity index (χ3v) is 2.96. The van der Waals surface area contributed by atoms with Gasteiger partial charge in [0.15, 0.2) is 0 Å². The van der Waals surface area contributed by atoms with Gasteiger partial charge in [-0.15, -0.1) is 0 Å². The lowest BCUT2D eigenvalue weighted by Gasteiger charge is -2.11. The second-order valence-corrected chi connectivity index (χ2v) is 5.54. The molecule has 2 rings (SSSR count). The summed E-state index contributed by atoms with van der Waals surface area (Å²) in [6, 6.07) is 4.82. The maximum atomic E-state index is 13.6. The van der Waals surface area contributed by atoms with Crippen LogP contribution in [-0.2, 0) is 0 Å². The molecule has 1 aromatic carbocycles. The Bertz CT molecular complexity index is 699. The van der Waals surface area contributed by atoms with Crippen molar-refractivity contribution in [3.63, 3.8) is 0 Å². The number of halogens is 2. The third kappa shape index (κ3) is 4.45. The number of nitrogens with one attached hydrogen (secondary N) is 2. The van der Waals surface area contributed by atoms with Gasteiger partial charge in [-0.25, -0.2) is 18.7 Å². The van der Waals surface area contributed by atoms with Gasteiger partial charge in [0.25, 0.3) is 5.91 Å². The zero-order chi connectivity index (χ0) is 17.0. The molecule has 0 aliphatic heterocycles. The van der Waals surface area contributed by atoms with Crippen molar-refractivity contribution in [2.75, 3.05) is 17.2 Å². The maximum Gasteiger partial charge on any atom is 0.274 e. The second kappa shape index (κ2) is 7.13. The van der Waals surface area contributed by atoms with Crippen LogP contribution in [0.1, 0.15) is 30.0 Å². The summed E-state index contributed by atoms with van der Waals surface area (Å²) < 4.78 is 27.2. The number of carbonyl (C=O) groups is 1. The summed E-state index contributed by atoms with van der Waals surface area (Å²) >= 11 is 0. The molecular weight excluding hydrogens is 302 g/mol. The highest BCUT2D eigenvalue weighted by molar-refractivity contribution is 6.03. The van der Waals surface area contributed by atoms with Gasteiger partial charge in [0.2, 0.25) is 5.95 Å². The molecule has 0 atom stereocenters. The first-order valence-electron chi connectivity index (χ1n) is 7.21. The summed E-state index contributed by atoms with van der Waals surface area (Å²) in [5.74, 6) is -1.71. The molecule has 0 aliphatic rings. The molecule has 0 spiro atoms. The molecule has 7 heteroatoms. The molecule has 23 heavy (non-hydrogen) atoms. The molecule has 2 aromatic rings. The van der Waals surface area contributed by atoms with E-state index in [-0.39, 0.29) is 5.69 Å². The number of aryl methyl sites for hydroxylation is 1. The minimum Gasteiger partial charge on any atom is -0.354 e. The number of anilines is 2. The number of hydrogen-bond donors (Lipinski definition) is 2. The Morgan fingerprint density at radius 3 is 2.48 bits per heavy atom. The van der Waals surface area contributed by atoms with Crippen molar-refractivity contribution >= 4 is 17.5 Å². The van der Waals surface area contributed by atoms with Gasteiger partial charge in [-0.05, 0) is 31.0 Å². The van der Waals surface area contributed by atoms with Gasteiger partial charge in [0.1, 0.15) is 23.0 Å². The Kier molecular flexibility index (Phi) is 5.20. The number of nitrogens with zero attached hydrogens (tertiary/aromatic N) is 2. The average molecular weight is 320 g/mol. The first-order valence-corrected chi connectivity index (χ1v) is 7.21. The van der Waals surface area contributed by atoms with Crippen molar-refractivity contribution in [1.82, 2.24) is 9.97 Å². The maximum absolute atomic E-state index is 13.6. The average Bonchev–Trinajstić information content (AvgIpc) is 2.48. The normalized spacial score (nSPS) is 10.7. The van der Waals surface area contributed by atoms with Crippen LogP contribution in [0.25, 0.3) is 0 Å². The van der Waals surface area contributed by atoms with Crippen LogP contribution in [0.4, 0.5) is 20.4 Å². The fraction of sp³-hybridized carbons (Fsp3) is 0.312. The van der Waals surface area contributed by atoms with Gasteiger partial charge in [0, 0.05) is 12.2 Å². The largest absolute Gasteiger partial charge is 0.354 e. The SMILES string of the molecule is Cc1cc(C(=O)Nc2c(F)cccc2F)nc(NCC(C)C)n1. The van der Waals surface area contributed by atoms with Crippen molar-refractivity contribution < 1.29 is 13.6 Å². The third-order valence-electron chi connectivity index (χ3n) is 2.96. The van der Waals surface area contributed by atoms with E-state index >= 15 is 0 Å². The molecule has 0 saturated carbocycles. The van der Waals surface area contributed by atoms with Crippen molar-refractivity contribution in [1.29, 1.82) is 0 Å². The van der Waals surface area contributed by atoms with Gasteiger partial charge in [0.05, 0.1) is 0 Å². The molecule has 0 bridgehead atoms. The molecule has 2 N–H and O–H groups in total. The zero-order valence-electron chi connectivity index (χ0n) is 13.2. The highest BCUT2D eigenvalue weighted by atomic mass is 19.1. The van der Waals surface area contributed by atoms with E-state index in [1.165, 1.54) is 12.1 Å². The Balaban J connectivity index is 2.22. The molecule has 0 unspecified atom stereocenters. The van der Waals surface area contributed by atoms with E-state index in [0.717, 1.165) is 12.1 Å². The highest BCUT2D eigenvalue weighted by Gasteiger charge is 2.16. The van der Waals surface area contributed by atoms with Crippen LogP contribution in [0.3, 0.4) is 0 Å². The predicted octanol–water partition coefficient (Wildman–Crippen LogP) is 3.38. The Morgan fingerprint density at radius 2 is 1.87 bits per heavy atom. The minimum absolute atomic E-state index is 0.0337. The Hall–Kier alpha value is -2.57. The van der Waals surface area contributed by atoms with Gasteiger partial charge in [-0.3, -0.25) is 4.79 Å². The number of aromatic nitrogens is 2. The number of amides is 1. The molecule has 122 valence electrons. The molecule has 0 saturated heterocycles. The molecular formula is C16H18F2N4O. The number of hydrogen-bond acceptors (Lipinski definition) is 4. The lowest BCUT2D eigenvalue weighted by Crippen LogP contribution is -2.18. The van der Waals surface area contributed by atoms with Gasteiger partial charge < -0.3 is 10.6 Å². The van der Waals surface area contributed by atoms with Gasteiger partial charge >= 0.3 is 0 Å². The molecule has 5 nitrogen and oxygen atoms in total. The van der Waals surface area contributed by atoms with Gasteiger partial charge in [-0.2, -0.15) is 0 Å². The van der Waals surface area contributed by atoms with E-state index in [1.54, 1.807) is 6.92 Å². The molecule has 1 amide bonds. The predicted molar refractivity (Wildman–Crippen MR) is 84.4 cm³/mol. The van der Waals surface area contributed by atoms with E-state index in [0.29, 0.717) is 24.1 Å². The fourth-order valence-electron chi connectivity index (χ4n) is 1.85. The first kappa shape index (κ1) is 16.8. The van der Waals surface area contributed by atoms with Crippen LogP contribution in [-0.4, -0.2) is 22.4 Å². The number of para-hydroxylation sites is 1. The second-order valence-electron chi connectivity index (χ2n) is 5.54. The summed E-state index contributed by atoms with van der Waals surface area (Å²) in [6.45, 7) is 6.41. The monoisotopic (exact) mass is 320 g/mol. The van der Waals surface area contributed by atoms with E-state index in [2.05, 4.69) is 20.6 Å². The van der Waals surface area contributed by atoms with Crippen molar-refractivity contribution in [3.8, 4) is 0 Å². The van der Waals surface area contributed by atoms with Crippen LogP contribution in [0.5, 0.6) is 0 Å². The van der Waals surface area contributed by atoms with Crippen LogP contribution in [0.15, 0.2) is 24.3 Å². The van der Waals surface area contributed by atoms with E-state index in [9.17, 15) is 13.6 Å². The number of benzene rings is 1. The number of carbonyl (C=O) groups excluding carboxylic acids is 1. The molecule has 0 radical (unpaired) electrons. The van der Waals surface area contributed by atoms with Crippen LogP contribution in [0, 0.1) is 24.5 Å². The smallest absolute Gasteiger partial charge is 0.274 e. The summed E-state index contributed by atoms with van der Waals surface area (Å²) in [5, 5.41) is 5.22. The van der Waals surface area contributed by atoms with Gasteiger partial charge in [-0.1, -0.05) is 19.9 Å². The molecule has 0 fully saturated rings. The molecule has 1 aromatic heterocycles. The first-order chi connectivity index (χ1) is 10.9. The highest BCUT2D eigenvalue weighted by Crippen LogP contribution is 2.19. The summed E-state index contributed by atoms with van der Waals surface area (Å²) in [6.07, 6.45) is 0. The number of rotatable bonds is 5. The van der Waals surface area contributed by atoms with E-state index < -0.39 is 23.2 Å². The summed E-state index contributed by atoms with van der Waals surface area (Å²) in [4.78, 5) is 20.5. The van der Waals surface area contributed by atoms with Crippen molar-refractivity contribution in [2.24, 2.45) is 5.92 Å². The van der Waals surface area contributed by atoms with Crippen LogP contribution in [0.2, 0.25) is 0 Å². The van der Waals surface area contributed by atoms with Crippen molar-refractivity contribution in [3.05, 3.63) is 47.3 Å². The fourth-order valence-corrected chi connectivity index (χ4v) is 1.85. The van der Waals surface area contributed by atoms with Crippen LogP contribution >= 0.6 is 0 Å². The Morgan fingerprint density at radius 1 is 1.22 bits per heavy atom.